The fourth-order valence-corrected chi connectivity index (χ4v) is 1.41. The van der Waals surface area contributed by atoms with Crippen molar-refractivity contribution in [3.05, 3.63) is 23.3 Å². The summed E-state index contributed by atoms with van der Waals surface area (Å²) in [7, 11) is 0. The normalized spacial score (nSPS) is 10.0. The summed E-state index contributed by atoms with van der Waals surface area (Å²) in [5.41, 5.74) is 2.25. The largest absolute Gasteiger partial charge is 0.490 e. The van der Waals surface area contributed by atoms with Crippen molar-refractivity contribution in [3.8, 4) is 11.5 Å². The van der Waals surface area contributed by atoms with Crippen LogP contribution in [0.25, 0.3) is 0 Å². The standard InChI is InChI=1S/C12H18O2/c1-5-13-11-9(3)7-8-10(4)12(11)14-6-2/h7-8H,5-6H2,1-4H3. The molecule has 0 amide bonds. The average Bonchev–Trinajstić information content (AvgIpc) is 2.17. The van der Waals surface area contributed by atoms with E-state index in [0.29, 0.717) is 13.2 Å². The molecule has 14 heavy (non-hydrogen) atoms. The molecule has 0 fully saturated rings. The fourth-order valence-electron chi connectivity index (χ4n) is 1.41. The van der Waals surface area contributed by atoms with Crippen LogP contribution in [-0.2, 0) is 0 Å². The first-order valence-corrected chi connectivity index (χ1v) is 5.06. The van der Waals surface area contributed by atoms with Gasteiger partial charge in [0.05, 0.1) is 13.2 Å². The Hall–Kier alpha value is -1.18. The van der Waals surface area contributed by atoms with Gasteiger partial charge in [0.15, 0.2) is 11.5 Å². The van der Waals surface area contributed by atoms with Gasteiger partial charge in [0.1, 0.15) is 0 Å². The van der Waals surface area contributed by atoms with E-state index in [1.165, 1.54) is 0 Å². The van der Waals surface area contributed by atoms with Gasteiger partial charge in [-0.1, -0.05) is 12.1 Å². The zero-order valence-corrected chi connectivity index (χ0v) is 9.39. The molecule has 2 nitrogen and oxygen atoms in total. The Balaban J connectivity index is 3.12. The highest BCUT2D eigenvalue weighted by Gasteiger charge is 2.10. The zero-order valence-electron chi connectivity index (χ0n) is 9.39. The summed E-state index contributed by atoms with van der Waals surface area (Å²) < 4.78 is 11.2. The molecular weight excluding hydrogens is 176 g/mol. The monoisotopic (exact) mass is 194 g/mol. The van der Waals surface area contributed by atoms with Crippen LogP contribution in [-0.4, -0.2) is 13.2 Å². The van der Waals surface area contributed by atoms with E-state index in [0.717, 1.165) is 22.6 Å². The van der Waals surface area contributed by atoms with Crippen molar-refractivity contribution in [2.45, 2.75) is 27.7 Å². The van der Waals surface area contributed by atoms with Crippen molar-refractivity contribution in [1.29, 1.82) is 0 Å². The molecule has 0 heterocycles. The summed E-state index contributed by atoms with van der Waals surface area (Å²) in [6.07, 6.45) is 0. The van der Waals surface area contributed by atoms with Gasteiger partial charge in [-0.05, 0) is 38.8 Å². The van der Waals surface area contributed by atoms with Gasteiger partial charge in [-0.3, -0.25) is 0 Å². The summed E-state index contributed by atoms with van der Waals surface area (Å²) in [5, 5.41) is 0. The van der Waals surface area contributed by atoms with Crippen LogP contribution in [0.3, 0.4) is 0 Å². The molecule has 0 saturated heterocycles. The van der Waals surface area contributed by atoms with E-state index in [9.17, 15) is 0 Å². The van der Waals surface area contributed by atoms with Crippen LogP contribution in [0.2, 0.25) is 0 Å². The van der Waals surface area contributed by atoms with Crippen LogP contribution in [0.5, 0.6) is 11.5 Å². The second kappa shape index (κ2) is 4.89. The van der Waals surface area contributed by atoms with Gasteiger partial charge in [0.25, 0.3) is 0 Å². The Bertz CT molecular complexity index is 274. The third kappa shape index (κ3) is 2.19. The lowest BCUT2D eigenvalue weighted by Crippen LogP contribution is -2.01. The molecule has 0 N–H and O–H groups in total. The highest BCUT2D eigenvalue weighted by atomic mass is 16.5. The molecule has 1 aromatic carbocycles. The number of hydrogen-bond acceptors (Lipinski definition) is 2. The lowest BCUT2D eigenvalue weighted by Gasteiger charge is -2.15. The van der Waals surface area contributed by atoms with Crippen molar-refractivity contribution in [3.63, 3.8) is 0 Å². The topological polar surface area (TPSA) is 18.5 Å². The average molecular weight is 194 g/mol. The van der Waals surface area contributed by atoms with Crippen LogP contribution in [0.4, 0.5) is 0 Å². The van der Waals surface area contributed by atoms with Gasteiger partial charge in [-0.2, -0.15) is 0 Å². The molecule has 78 valence electrons. The molecule has 0 atom stereocenters. The first-order chi connectivity index (χ1) is 6.70. The van der Waals surface area contributed by atoms with Gasteiger partial charge >= 0.3 is 0 Å². The Morgan fingerprint density at radius 3 is 1.50 bits per heavy atom. The minimum atomic E-state index is 0.671. The van der Waals surface area contributed by atoms with Crippen molar-refractivity contribution >= 4 is 0 Å². The Labute approximate surface area is 85.8 Å². The molecule has 0 saturated carbocycles. The maximum Gasteiger partial charge on any atom is 0.164 e. The second-order valence-corrected chi connectivity index (χ2v) is 3.22. The van der Waals surface area contributed by atoms with E-state index in [4.69, 9.17) is 9.47 Å². The lowest BCUT2D eigenvalue weighted by atomic mass is 10.1. The van der Waals surface area contributed by atoms with Gasteiger partial charge in [0.2, 0.25) is 0 Å². The van der Waals surface area contributed by atoms with E-state index in [1.807, 2.05) is 27.7 Å². The highest BCUT2D eigenvalue weighted by molar-refractivity contribution is 5.50. The number of benzene rings is 1. The lowest BCUT2D eigenvalue weighted by molar-refractivity contribution is 0.284. The van der Waals surface area contributed by atoms with Gasteiger partial charge < -0.3 is 9.47 Å². The smallest absolute Gasteiger partial charge is 0.164 e. The maximum atomic E-state index is 5.58. The zero-order chi connectivity index (χ0) is 10.6. The van der Waals surface area contributed by atoms with Crippen molar-refractivity contribution < 1.29 is 9.47 Å². The number of ether oxygens (including phenoxy) is 2. The molecule has 0 bridgehead atoms. The summed E-state index contributed by atoms with van der Waals surface area (Å²) >= 11 is 0. The minimum absolute atomic E-state index is 0.671. The first-order valence-electron chi connectivity index (χ1n) is 5.06. The molecule has 0 aliphatic heterocycles. The van der Waals surface area contributed by atoms with E-state index >= 15 is 0 Å². The summed E-state index contributed by atoms with van der Waals surface area (Å²) in [5.74, 6) is 1.77. The first kappa shape index (κ1) is 10.9. The molecule has 0 radical (unpaired) electrons. The Morgan fingerprint density at radius 2 is 1.21 bits per heavy atom. The molecule has 0 unspecified atom stereocenters. The van der Waals surface area contributed by atoms with Crippen molar-refractivity contribution in [1.82, 2.24) is 0 Å². The molecule has 0 aromatic heterocycles. The fraction of sp³-hybridized carbons (Fsp3) is 0.500. The maximum absolute atomic E-state index is 5.58. The minimum Gasteiger partial charge on any atom is -0.490 e. The number of rotatable bonds is 4. The number of aryl methyl sites for hydroxylation is 2. The third-order valence-electron chi connectivity index (χ3n) is 2.08. The molecule has 2 heteroatoms. The van der Waals surface area contributed by atoms with E-state index < -0.39 is 0 Å². The van der Waals surface area contributed by atoms with Gasteiger partial charge in [0, 0.05) is 0 Å². The Morgan fingerprint density at radius 1 is 0.857 bits per heavy atom. The van der Waals surface area contributed by atoms with Crippen LogP contribution in [0, 0.1) is 13.8 Å². The van der Waals surface area contributed by atoms with E-state index in [2.05, 4.69) is 12.1 Å². The van der Waals surface area contributed by atoms with Crippen molar-refractivity contribution in [2.24, 2.45) is 0 Å². The van der Waals surface area contributed by atoms with Crippen LogP contribution < -0.4 is 9.47 Å². The van der Waals surface area contributed by atoms with Gasteiger partial charge in [-0.15, -0.1) is 0 Å². The molecule has 0 aliphatic rings. The molecule has 1 rings (SSSR count). The summed E-state index contributed by atoms with van der Waals surface area (Å²) in [4.78, 5) is 0. The van der Waals surface area contributed by atoms with E-state index in [1.54, 1.807) is 0 Å². The van der Waals surface area contributed by atoms with E-state index in [-0.39, 0.29) is 0 Å². The van der Waals surface area contributed by atoms with Crippen LogP contribution in [0.1, 0.15) is 25.0 Å². The predicted molar refractivity (Wildman–Crippen MR) is 58.3 cm³/mol. The summed E-state index contributed by atoms with van der Waals surface area (Å²) in [6.45, 7) is 9.38. The second-order valence-electron chi connectivity index (χ2n) is 3.22. The SMILES string of the molecule is CCOc1c(C)ccc(C)c1OCC. The van der Waals surface area contributed by atoms with Crippen LogP contribution in [0.15, 0.2) is 12.1 Å². The predicted octanol–water partition coefficient (Wildman–Crippen LogP) is 3.10. The van der Waals surface area contributed by atoms with Crippen LogP contribution >= 0.6 is 0 Å². The summed E-state index contributed by atoms with van der Waals surface area (Å²) in [6, 6.07) is 4.12. The highest BCUT2D eigenvalue weighted by Crippen LogP contribution is 2.34. The molecular formula is C12H18O2. The number of hydrogen-bond donors (Lipinski definition) is 0. The molecule has 0 aliphatic carbocycles. The Kier molecular flexibility index (Phi) is 3.81. The van der Waals surface area contributed by atoms with Gasteiger partial charge in [-0.25, -0.2) is 0 Å². The molecule has 1 aromatic rings. The van der Waals surface area contributed by atoms with Crippen molar-refractivity contribution in [2.75, 3.05) is 13.2 Å². The molecule has 0 spiro atoms. The third-order valence-corrected chi connectivity index (χ3v) is 2.08. The quantitative estimate of drug-likeness (QED) is 0.733.